The fourth-order valence-electron chi connectivity index (χ4n) is 5.40. The van der Waals surface area contributed by atoms with Gasteiger partial charge in [0.25, 0.3) is 5.91 Å². The summed E-state index contributed by atoms with van der Waals surface area (Å²) in [7, 11) is 0. The number of benzene rings is 2. The molecule has 1 saturated heterocycles. The summed E-state index contributed by atoms with van der Waals surface area (Å²) < 4.78 is 93.7. The second-order valence-electron chi connectivity index (χ2n) is 10.7. The maximum Gasteiger partial charge on any atom is 0.424 e. The number of hydrogen-bond acceptors (Lipinski definition) is 6. The molecule has 4 atom stereocenters. The molecule has 0 spiro atoms. The van der Waals surface area contributed by atoms with Gasteiger partial charge in [0.15, 0.2) is 5.75 Å². The molecule has 2 aromatic carbocycles. The highest BCUT2D eigenvalue weighted by Gasteiger charge is 2.62. The van der Waals surface area contributed by atoms with Crippen LogP contribution in [-0.2, 0) is 4.74 Å². The van der Waals surface area contributed by atoms with E-state index in [4.69, 9.17) is 10.5 Å². The molecule has 8 nitrogen and oxygen atoms in total. The van der Waals surface area contributed by atoms with E-state index in [9.17, 15) is 36.2 Å². The van der Waals surface area contributed by atoms with Gasteiger partial charge in [-0.25, -0.2) is 4.39 Å². The smallest absolute Gasteiger partial charge is 0.424 e. The first-order valence-corrected chi connectivity index (χ1v) is 12.7. The van der Waals surface area contributed by atoms with Crippen molar-refractivity contribution in [1.29, 1.82) is 0 Å². The Morgan fingerprint density at radius 2 is 1.93 bits per heavy atom. The summed E-state index contributed by atoms with van der Waals surface area (Å²) in [6, 6.07) is 8.51. The van der Waals surface area contributed by atoms with Crippen LogP contribution in [0.3, 0.4) is 0 Å². The quantitative estimate of drug-likeness (QED) is 0.301. The first kappa shape index (κ1) is 29.6. The average molecular weight is 597 g/mol. The van der Waals surface area contributed by atoms with Gasteiger partial charge in [0, 0.05) is 28.6 Å². The number of halogens is 6. The summed E-state index contributed by atoms with van der Waals surface area (Å²) in [5, 5.41) is 13.5. The Morgan fingerprint density at radius 1 is 1.24 bits per heavy atom. The Morgan fingerprint density at radius 3 is 2.57 bits per heavy atom. The number of nitrogens with two attached hydrogens (primary N) is 1. The molecule has 0 radical (unpaired) electrons. The van der Waals surface area contributed by atoms with Crippen molar-refractivity contribution in [2.24, 2.45) is 16.6 Å². The van der Waals surface area contributed by atoms with E-state index in [2.05, 4.69) is 14.7 Å². The number of alkyl halides is 5. The van der Waals surface area contributed by atoms with Crippen molar-refractivity contribution >= 4 is 22.5 Å². The molecule has 3 aromatic rings. The van der Waals surface area contributed by atoms with Crippen molar-refractivity contribution in [3.8, 4) is 5.75 Å². The Labute approximate surface area is 235 Å². The minimum atomic E-state index is -5.35. The number of fused-ring (bicyclic) bond motifs is 2. The number of H-pyrrole nitrogens is 1. The van der Waals surface area contributed by atoms with Crippen molar-refractivity contribution in [3.63, 3.8) is 0 Å². The molecule has 3 heterocycles. The maximum atomic E-state index is 14.6. The van der Waals surface area contributed by atoms with Gasteiger partial charge in [0.05, 0.1) is 30.1 Å². The van der Waals surface area contributed by atoms with E-state index in [0.29, 0.717) is 0 Å². The number of hydrogen-bond donors (Lipinski definition) is 4. The zero-order valence-corrected chi connectivity index (χ0v) is 22.2. The number of nitrogens with zero attached hydrogens (tertiary/aromatic N) is 1. The molecule has 0 aliphatic carbocycles. The van der Waals surface area contributed by atoms with Crippen LogP contribution in [0.1, 0.15) is 29.8 Å². The SMILES string of the molecule is CC1(N)COC2(C)C(c3ccc(F)cc3)=NC(C(O)(CNC(=O)c3cc(OC(F)F)c4[nH]ccc4c3)C(F)(F)F)=CC12. The molecule has 2 aliphatic heterocycles. The summed E-state index contributed by atoms with van der Waals surface area (Å²) in [4.78, 5) is 19.8. The third kappa shape index (κ3) is 5.03. The molecular formula is C28H26F6N4O4. The van der Waals surface area contributed by atoms with Crippen molar-refractivity contribution < 1.29 is 45.7 Å². The van der Waals surface area contributed by atoms with Crippen molar-refractivity contribution in [2.75, 3.05) is 13.2 Å². The van der Waals surface area contributed by atoms with E-state index < -0.39 is 65.2 Å². The van der Waals surface area contributed by atoms with Crippen LogP contribution in [0.15, 0.2) is 65.4 Å². The third-order valence-electron chi connectivity index (χ3n) is 7.63. The largest absolute Gasteiger partial charge is 0.433 e. The molecule has 4 unspecified atom stereocenters. The molecule has 2 aliphatic rings. The number of rotatable bonds is 7. The van der Waals surface area contributed by atoms with Crippen LogP contribution in [0.4, 0.5) is 26.3 Å². The number of amides is 1. The molecule has 1 amide bonds. The number of carbonyl (C=O) groups is 1. The van der Waals surface area contributed by atoms with Gasteiger partial charge in [-0.2, -0.15) is 22.0 Å². The summed E-state index contributed by atoms with van der Waals surface area (Å²) in [5.41, 5.74) is -0.561. The van der Waals surface area contributed by atoms with E-state index in [-0.39, 0.29) is 34.3 Å². The van der Waals surface area contributed by atoms with Crippen LogP contribution in [0.25, 0.3) is 10.9 Å². The number of ether oxygens (including phenoxy) is 2. The van der Waals surface area contributed by atoms with Crippen LogP contribution in [0, 0.1) is 11.7 Å². The number of aliphatic hydroxyl groups is 1. The van der Waals surface area contributed by atoms with E-state index in [1.54, 1.807) is 13.8 Å². The first-order chi connectivity index (χ1) is 19.5. The molecule has 0 saturated carbocycles. The van der Waals surface area contributed by atoms with E-state index in [1.165, 1.54) is 30.5 Å². The van der Waals surface area contributed by atoms with Crippen LogP contribution < -0.4 is 15.8 Å². The number of aromatic amines is 1. The normalized spacial score (nSPS) is 25.5. The van der Waals surface area contributed by atoms with Gasteiger partial charge in [-0.1, -0.05) is 18.2 Å². The van der Waals surface area contributed by atoms with Crippen LogP contribution in [-0.4, -0.2) is 64.4 Å². The van der Waals surface area contributed by atoms with Crippen LogP contribution in [0.2, 0.25) is 0 Å². The lowest BCUT2D eigenvalue weighted by Crippen LogP contribution is -2.58. The lowest BCUT2D eigenvalue weighted by atomic mass is 9.71. The van der Waals surface area contributed by atoms with Crippen molar-refractivity contribution in [2.45, 2.75) is 43.4 Å². The first-order valence-electron chi connectivity index (χ1n) is 12.7. The minimum absolute atomic E-state index is 0.0140. The van der Waals surface area contributed by atoms with Crippen LogP contribution in [0.5, 0.6) is 5.75 Å². The lowest BCUT2D eigenvalue weighted by molar-refractivity contribution is -0.241. The molecule has 14 heteroatoms. The van der Waals surface area contributed by atoms with Gasteiger partial charge < -0.3 is 30.6 Å². The average Bonchev–Trinajstić information content (AvgIpc) is 3.48. The zero-order valence-electron chi connectivity index (χ0n) is 22.2. The van der Waals surface area contributed by atoms with E-state index in [0.717, 1.165) is 24.3 Å². The predicted octanol–water partition coefficient (Wildman–Crippen LogP) is 4.44. The van der Waals surface area contributed by atoms with Gasteiger partial charge in [-0.05, 0) is 49.7 Å². The van der Waals surface area contributed by atoms with Crippen molar-refractivity contribution in [3.05, 3.63) is 77.4 Å². The second kappa shape index (κ2) is 10.1. The molecule has 42 heavy (non-hydrogen) atoms. The fraction of sp³-hybridized carbons (Fsp3) is 0.357. The molecule has 224 valence electrons. The number of nitrogens with one attached hydrogen (secondary N) is 2. The van der Waals surface area contributed by atoms with Gasteiger partial charge in [-0.3, -0.25) is 9.79 Å². The third-order valence-corrected chi connectivity index (χ3v) is 7.63. The summed E-state index contributed by atoms with van der Waals surface area (Å²) in [6.07, 6.45) is -2.86. The minimum Gasteiger partial charge on any atom is -0.433 e. The Kier molecular flexibility index (Phi) is 7.15. The summed E-state index contributed by atoms with van der Waals surface area (Å²) >= 11 is 0. The standard InChI is InChI=1S/C28H26F6N4O4/c1-25(35)13-41-26(2)19(25)11-20(38-22(26)14-3-5-17(29)6-4-14)27(40,28(32,33)34)12-37-23(39)16-9-15-7-8-36-21(15)18(10-16)42-24(30)31/h3-11,19,24,36,40H,12-13,35H2,1-2H3,(H,37,39). The maximum absolute atomic E-state index is 14.6. The number of aromatic nitrogens is 1. The van der Waals surface area contributed by atoms with Crippen LogP contribution >= 0.6 is 0 Å². The van der Waals surface area contributed by atoms with Gasteiger partial charge in [0.1, 0.15) is 11.4 Å². The number of aliphatic imine (C=N–C) groups is 1. The van der Waals surface area contributed by atoms with E-state index in [1.807, 2.05) is 5.32 Å². The molecule has 1 aromatic heterocycles. The van der Waals surface area contributed by atoms with E-state index >= 15 is 0 Å². The second-order valence-corrected chi connectivity index (χ2v) is 10.7. The highest BCUT2D eigenvalue weighted by atomic mass is 19.4. The Hall–Kier alpha value is -3.88. The molecule has 1 fully saturated rings. The summed E-state index contributed by atoms with van der Waals surface area (Å²) in [5.74, 6) is -2.99. The topological polar surface area (TPSA) is 122 Å². The highest BCUT2D eigenvalue weighted by Crippen LogP contribution is 2.48. The Bertz CT molecular complexity index is 1580. The van der Waals surface area contributed by atoms with Gasteiger partial charge in [-0.15, -0.1) is 0 Å². The Balaban J connectivity index is 1.53. The number of carbonyl (C=O) groups excluding carboxylic acids is 1. The molecule has 0 bridgehead atoms. The zero-order chi connectivity index (χ0) is 30.7. The van der Waals surface area contributed by atoms with Crippen molar-refractivity contribution in [1.82, 2.24) is 10.3 Å². The van der Waals surface area contributed by atoms with Gasteiger partial charge >= 0.3 is 12.8 Å². The monoisotopic (exact) mass is 596 g/mol. The van der Waals surface area contributed by atoms with Gasteiger partial charge in [0.2, 0.25) is 5.60 Å². The summed E-state index contributed by atoms with van der Waals surface area (Å²) in [6.45, 7) is -1.49. The fourth-order valence-corrected chi connectivity index (χ4v) is 5.40. The lowest BCUT2D eigenvalue weighted by Gasteiger charge is -2.41. The molecule has 5 rings (SSSR count). The molecule has 5 N–H and O–H groups in total. The highest BCUT2D eigenvalue weighted by molar-refractivity contribution is 6.08. The molecular weight excluding hydrogens is 570 g/mol. The predicted molar refractivity (Wildman–Crippen MR) is 140 cm³/mol.